The molecule has 0 atom stereocenters. The molecule has 0 amide bonds. The van der Waals surface area contributed by atoms with Crippen molar-refractivity contribution >= 4 is 44.4 Å². The molecule has 0 unspecified atom stereocenters. The van der Waals surface area contributed by atoms with E-state index < -0.39 is 0 Å². The lowest BCUT2D eigenvalue weighted by atomic mass is 9.99. The van der Waals surface area contributed by atoms with Crippen molar-refractivity contribution in [3.05, 3.63) is 261 Å². The molecule has 10 rings (SSSR count). The topological polar surface area (TPSA) is 8.17 Å². The third-order valence-corrected chi connectivity index (χ3v) is 12.0. The first-order chi connectivity index (χ1) is 31.1. The Morgan fingerprint density at radius 2 is 0.873 bits per heavy atom. The molecule has 0 N–H and O–H groups in total. The SMILES string of the molecule is C=C/C=C\C=C(/C)c1ccc(N(c2ccc(-c3ccc(-c4ccccc4)cc3)cc2)c2ccc3c4ccccc4n(-c4ccccc4-c4ccc(-c5ccccc5)cc4)c3c2)cc1. The second kappa shape index (κ2) is 17.4. The molecule has 10 aromatic rings. The van der Waals surface area contributed by atoms with Gasteiger partial charge in [0, 0.05) is 33.4 Å². The van der Waals surface area contributed by atoms with Crippen LogP contribution in [0.4, 0.5) is 17.1 Å². The minimum atomic E-state index is 1.07. The zero-order valence-electron chi connectivity index (χ0n) is 35.3. The number of anilines is 3. The first kappa shape index (κ1) is 39.0. The van der Waals surface area contributed by atoms with Crippen molar-refractivity contribution in [3.8, 4) is 50.2 Å². The van der Waals surface area contributed by atoms with Crippen LogP contribution in [0.3, 0.4) is 0 Å². The molecule has 0 fully saturated rings. The Labute approximate surface area is 370 Å². The molecule has 2 heteroatoms. The van der Waals surface area contributed by atoms with E-state index in [4.69, 9.17) is 0 Å². The number of aromatic nitrogens is 1. The molecule has 0 aliphatic heterocycles. The second-order valence-electron chi connectivity index (χ2n) is 15.9. The van der Waals surface area contributed by atoms with Gasteiger partial charge in [-0.15, -0.1) is 0 Å². The summed E-state index contributed by atoms with van der Waals surface area (Å²) in [6, 6.07) is 81.3. The summed E-state index contributed by atoms with van der Waals surface area (Å²) in [7, 11) is 0. The highest BCUT2D eigenvalue weighted by molar-refractivity contribution is 6.11. The average molecular weight is 807 g/mol. The predicted molar refractivity (Wildman–Crippen MR) is 270 cm³/mol. The van der Waals surface area contributed by atoms with E-state index in [2.05, 4.69) is 254 Å². The first-order valence-corrected chi connectivity index (χ1v) is 21.5. The van der Waals surface area contributed by atoms with E-state index in [1.165, 1.54) is 71.9 Å². The molecule has 1 heterocycles. The Bertz CT molecular complexity index is 3240. The van der Waals surface area contributed by atoms with Gasteiger partial charge in [0.1, 0.15) is 0 Å². The Morgan fingerprint density at radius 1 is 0.413 bits per heavy atom. The largest absolute Gasteiger partial charge is 0.310 e. The van der Waals surface area contributed by atoms with Crippen LogP contribution in [0.25, 0.3) is 77.6 Å². The number of nitrogens with zero attached hydrogens (tertiary/aromatic N) is 2. The van der Waals surface area contributed by atoms with Gasteiger partial charge in [-0.2, -0.15) is 0 Å². The van der Waals surface area contributed by atoms with Gasteiger partial charge in [-0.05, 0) is 106 Å². The Kier molecular flexibility index (Phi) is 10.8. The second-order valence-corrected chi connectivity index (χ2v) is 15.9. The average Bonchev–Trinajstić information content (AvgIpc) is 3.69. The van der Waals surface area contributed by atoms with Crippen molar-refractivity contribution in [2.75, 3.05) is 4.90 Å². The molecule has 0 aliphatic rings. The number of hydrogen-bond acceptors (Lipinski definition) is 1. The summed E-state index contributed by atoms with van der Waals surface area (Å²) in [6.07, 6.45) is 7.91. The minimum Gasteiger partial charge on any atom is -0.310 e. The predicted octanol–water partition coefficient (Wildman–Crippen LogP) is 17.1. The zero-order chi connectivity index (χ0) is 42.5. The monoisotopic (exact) mass is 806 g/mol. The van der Waals surface area contributed by atoms with Gasteiger partial charge >= 0.3 is 0 Å². The number of para-hydroxylation sites is 2. The highest BCUT2D eigenvalue weighted by atomic mass is 15.1. The Balaban J connectivity index is 1.09. The van der Waals surface area contributed by atoms with E-state index in [1.54, 1.807) is 6.08 Å². The van der Waals surface area contributed by atoms with Crippen molar-refractivity contribution in [2.45, 2.75) is 6.92 Å². The smallest absolute Gasteiger partial charge is 0.0562 e. The lowest BCUT2D eigenvalue weighted by Crippen LogP contribution is -2.10. The van der Waals surface area contributed by atoms with Crippen LogP contribution in [0.1, 0.15) is 12.5 Å². The zero-order valence-corrected chi connectivity index (χ0v) is 35.3. The van der Waals surface area contributed by atoms with Crippen molar-refractivity contribution in [1.82, 2.24) is 4.57 Å². The van der Waals surface area contributed by atoms with Gasteiger partial charge in [0.05, 0.1) is 16.7 Å². The van der Waals surface area contributed by atoms with E-state index in [-0.39, 0.29) is 0 Å². The lowest BCUT2D eigenvalue weighted by molar-refractivity contribution is 1.18. The quantitative estimate of drug-likeness (QED) is 0.118. The van der Waals surface area contributed by atoms with Crippen LogP contribution >= 0.6 is 0 Å². The summed E-state index contributed by atoms with van der Waals surface area (Å²) in [4.78, 5) is 2.37. The fourth-order valence-electron chi connectivity index (χ4n) is 8.73. The summed E-state index contributed by atoms with van der Waals surface area (Å²) in [5.74, 6) is 0. The molecule has 0 saturated carbocycles. The van der Waals surface area contributed by atoms with Gasteiger partial charge in [0.2, 0.25) is 0 Å². The molecule has 2 nitrogen and oxygen atoms in total. The molecular formula is C61H46N2. The summed E-state index contributed by atoms with van der Waals surface area (Å²) in [5.41, 5.74) is 18.6. The van der Waals surface area contributed by atoms with Crippen molar-refractivity contribution < 1.29 is 0 Å². The molecular weight excluding hydrogens is 761 g/mol. The molecule has 0 saturated heterocycles. The third kappa shape index (κ3) is 7.83. The van der Waals surface area contributed by atoms with Crippen molar-refractivity contribution in [3.63, 3.8) is 0 Å². The summed E-state index contributed by atoms with van der Waals surface area (Å²) in [5, 5.41) is 2.43. The van der Waals surface area contributed by atoms with Gasteiger partial charge in [0.15, 0.2) is 0 Å². The highest BCUT2D eigenvalue weighted by Crippen LogP contribution is 2.42. The van der Waals surface area contributed by atoms with Crippen LogP contribution in [0, 0.1) is 0 Å². The standard InChI is InChI=1S/C61H46N2/c1-3-4-7-16-44(2)45-33-37-53(38-34-45)62(54-39-35-51(36-40-54)50-27-25-48(26-28-50)46-17-8-5-9-18-46)55-41-42-58-57-22-13-15-24-60(57)63(61(58)43-55)59-23-14-12-21-56(59)52-31-29-49(30-32-52)47-19-10-6-11-20-47/h3-43H,1H2,2H3/b7-4-,44-16+. The van der Waals surface area contributed by atoms with Crippen molar-refractivity contribution in [1.29, 1.82) is 0 Å². The first-order valence-electron chi connectivity index (χ1n) is 21.5. The van der Waals surface area contributed by atoms with Gasteiger partial charge in [0.25, 0.3) is 0 Å². The molecule has 9 aromatic carbocycles. The summed E-state index contributed by atoms with van der Waals surface area (Å²) < 4.78 is 2.45. The number of allylic oxidation sites excluding steroid dienone is 5. The van der Waals surface area contributed by atoms with E-state index >= 15 is 0 Å². The molecule has 63 heavy (non-hydrogen) atoms. The van der Waals surface area contributed by atoms with Crippen LogP contribution in [-0.4, -0.2) is 4.57 Å². The van der Waals surface area contributed by atoms with Gasteiger partial charge in [-0.1, -0.05) is 207 Å². The molecule has 0 spiro atoms. The minimum absolute atomic E-state index is 1.07. The number of fused-ring (bicyclic) bond motifs is 3. The maximum absolute atomic E-state index is 3.82. The summed E-state index contributed by atoms with van der Waals surface area (Å²) >= 11 is 0. The summed E-state index contributed by atoms with van der Waals surface area (Å²) in [6.45, 7) is 5.96. The molecule has 0 aliphatic carbocycles. The molecule has 300 valence electrons. The highest BCUT2D eigenvalue weighted by Gasteiger charge is 2.19. The van der Waals surface area contributed by atoms with Crippen molar-refractivity contribution in [2.24, 2.45) is 0 Å². The van der Waals surface area contributed by atoms with E-state index in [9.17, 15) is 0 Å². The fourth-order valence-corrected chi connectivity index (χ4v) is 8.73. The third-order valence-electron chi connectivity index (χ3n) is 12.0. The van der Waals surface area contributed by atoms with Gasteiger partial charge in [-0.25, -0.2) is 0 Å². The number of benzene rings is 9. The van der Waals surface area contributed by atoms with Crippen LogP contribution in [0.15, 0.2) is 255 Å². The molecule has 0 radical (unpaired) electrons. The van der Waals surface area contributed by atoms with Gasteiger partial charge < -0.3 is 9.47 Å². The van der Waals surface area contributed by atoms with Crippen LogP contribution in [0.5, 0.6) is 0 Å². The maximum atomic E-state index is 3.82. The Morgan fingerprint density at radius 3 is 1.48 bits per heavy atom. The van der Waals surface area contributed by atoms with Crippen LogP contribution in [-0.2, 0) is 0 Å². The van der Waals surface area contributed by atoms with E-state index in [1.807, 2.05) is 12.2 Å². The lowest BCUT2D eigenvalue weighted by Gasteiger charge is -2.26. The molecule has 1 aromatic heterocycles. The van der Waals surface area contributed by atoms with Gasteiger partial charge in [-0.3, -0.25) is 0 Å². The number of hydrogen-bond donors (Lipinski definition) is 0. The fraction of sp³-hybridized carbons (Fsp3) is 0.0164. The van der Waals surface area contributed by atoms with E-state index in [0.29, 0.717) is 0 Å². The normalized spacial score (nSPS) is 11.7. The maximum Gasteiger partial charge on any atom is 0.0562 e. The van der Waals surface area contributed by atoms with E-state index in [0.717, 1.165) is 28.3 Å². The van der Waals surface area contributed by atoms with Crippen LogP contribution in [0.2, 0.25) is 0 Å². The Hall–Kier alpha value is -8.20. The van der Waals surface area contributed by atoms with Crippen LogP contribution < -0.4 is 4.90 Å². The molecule has 0 bridgehead atoms. The number of rotatable bonds is 11.